The highest BCUT2D eigenvalue weighted by atomic mass is 16.6. The molecule has 1 aliphatic rings. The van der Waals surface area contributed by atoms with Crippen molar-refractivity contribution in [1.29, 1.82) is 0 Å². The number of hydrogen-bond acceptors (Lipinski definition) is 5. The predicted molar refractivity (Wildman–Crippen MR) is 106 cm³/mol. The normalized spacial score (nSPS) is 17.5. The number of amides is 2. The number of pyridine rings is 1. The molecule has 0 saturated carbocycles. The van der Waals surface area contributed by atoms with Crippen molar-refractivity contribution in [2.45, 2.75) is 24.9 Å². The molecule has 3 aromatic rings. The van der Waals surface area contributed by atoms with Crippen LogP contribution in [0.5, 0.6) is 0 Å². The third-order valence-corrected chi connectivity index (χ3v) is 4.95. The van der Waals surface area contributed by atoms with Crippen molar-refractivity contribution in [3.8, 4) is 0 Å². The summed E-state index contributed by atoms with van der Waals surface area (Å²) in [5.74, 6) is -0.408. The zero-order valence-corrected chi connectivity index (χ0v) is 15.3. The molecule has 28 heavy (non-hydrogen) atoms. The quantitative estimate of drug-likeness (QED) is 0.741. The number of aromatic nitrogens is 1. The summed E-state index contributed by atoms with van der Waals surface area (Å²) in [6.45, 7) is 0.188. The van der Waals surface area contributed by atoms with Gasteiger partial charge < -0.3 is 10.5 Å². The lowest BCUT2D eigenvalue weighted by Gasteiger charge is -2.23. The number of ether oxygens (including phenoxy) is 1. The molecule has 6 heteroatoms. The highest BCUT2D eigenvalue weighted by Crippen LogP contribution is 2.20. The van der Waals surface area contributed by atoms with E-state index in [9.17, 15) is 9.59 Å². The van der Waals surface area contributed by atoms with Crippen molar-refractivity contribution < 1.29 is 14.3 Å². The summed E-state index contributed by atoms with van der Waals surface area (Å²) < 4.78 is 5.13. The van der Waals surface area contributed by atoms with Crippen LogP contribution in [0.4, 0.5) is 4.79 Å². The molecular formula is C22H21N3O3. The van der Waals surface area contributed by atoms with Gasteiger partial charge in [-0.25, -0.2) is 9.69 Å². The molecule has 1 saturated heterocycles. The molecule has 2 amide bonds. The van der Waals surface area contributed by atoms with Gasteiger partial charge in [0.1, 0.15) is 6.61 Å². The fourth-order valence-corrected chi connectivity index (χ4v) is 3.54. The van der Waals surface area contributed by atoms with Crippen molar-refractivity contribution in [2.24, 2.45) is 5.73 Å². The minimum Gasteiger partial charge on any atom is -0.447 e. The van der Waals surface area contributed by atoms with Gasteiger partial charge in [0, 0.05) is 11.6 Å². The van der Waals surface area contributed by atoms with Crippen molar-refractivity contribution in [1.82, 2.24) is 9.88 Å². The zero-order chi connectivity index (χ0) is 19.5. The summed E-state index contributed by atoms with van der Waals surface area (Å²) >= 11 is 0. The van der Waals surface area contributed by atoms with E-state index in [-0.39, 0.29) is 12.6 Å². The third-order valence-electron chi connectivity index (χ3n) is 4.95. The maximum atomic E-state index is 12.9. The number of nitrogens with two attached hydrogens (primary N) is 1. The number of carbonyl (C=O) groups is 2. The average Bonchev–Trinajstić information content (AvgIpc) is 3.08. The molecule has 142 valence electrons. The van der Waals surface area contributed by atoms with Gasteiger partial charge in [0.2, 0.25) is 5.91 Å². The van der Waals surface area contributed by atoms with E-state index >= 15 is 0 Å². The molecule has 0 bridgehead atoms. The molecule has 2 atom stereocenters. The van der Waals surface area contributed by atoms with Crippen LogP contribution in [0.1, 0.15) is 11.1 Å². The molecule has 0 spiro atoms. The minimum absolute atomic E-state index is 0.188. The molecule has 1 fully saturated rings. The van der Waals surface area contributed by atoms with Gasteiger partial charge >= 0.3 is 6.09 Å². The second-order valence-electron chi connectivity index (χ2n) is 6.97. The first-order valence-electron chi connectivity index (χ1n) is 9.25. The molecule has 1 aromatic heterocycles. The number of carbonyl (C=O) groups excluding carboxylic acids is 2. The Kier molecular flexibility index (Phi) is 5.04. The van der Waals surface area contributed by atoms with Crippen molar-refractivity contribution >= 4 is 22.9 Å². The topological polar surface area (TPSA) is 85.5 Å². The van der Waals surface area contributed by atoms with Crippen molar-refractivity contribution in [3.63, 3.8) is 0 Å². The van der Waals surface area contributed by atoms with Gasteiger partial charge in [0.05, 0.1) is 17.6 Å². The van der Waals surface area contributed by atoms with Crippen LogP contribution in [-0.2, 0) is 22.4 Å². The van der Waals surface area contributed by atoms with E-state index in [1.165, 1.54) is 4.90 Å². The molecule has 6 nitrogen and oxygen atoms in total. The fourth-order valence-electron chi connectivity index (χ4n) is 3.54. The Balaban J connectivity index is 1.48. The van der Waals surface area contributed by atoms with Crippen LogP contribution in [0.25, 0.3) is 10.9 Å². The largest absolute Gasteiger partial charge is 0.447 e. The molecule has 0 unspecified atom stereocenters. The van der Waals surface area contributed by atoms with Crippen LogP contribution < -0.4 is 5.73 Å². The third kappa shape index (κ3) is 3.73. The summed E-state index contributed by atoms with van der Waals surface area (Å²) in [6.07, 6.45) is 2.01. The first-order chi connectivity index (χ1) is 13.6. The van der Waals surface area contributed by atoms with Crippen LogP contribution in [0.15, 0.2) is 66.9 Å². The monoisotopic (exact) mass is 375 g/mol. The zero-order valence-electron chi connectivity index (χ0n) is 15.3. The second kappa shape index (κ2) is 7.78. The summed E-state index contributed by atoms with van der Waals surface area (Å²) in [5.41, 5.74) is 9.03. The Morgan fingerprint density at radius 2 is 1.96 bits per heavy atom. The maximum absolute atomic E-state index is 12.9. The van der Waals surface area contributed by atoms with Crippen molar-refractivity contribution in [3.05, 3.63) is 78.0 Å². The number of fused-ring (bicyclic) bond motifs is 1. The first-order valence-corrected chi connectivity index (χ1v) is 9.25. The Labute approximate surface area is 162 Å². The molecule has 1 aliphatic heterocycles. The average molecular weight is 375 g/mol. The van der Waals surface area contributed by atoms with E-state index in [0.717, 1.165) is 22.0 Å². The van der Waals surface area contributed by atoms with Gasteiger partial charge in [-0.15, -0.1) is 0 Å². The molecule has 2 heterocycles. The van der Waals surface area contributed by atoms with E-state index in [1.54, 1.807) is 6.20 Å². The van der Waals surface area contributed by atoms with E-state index < -0.39 is 18.0 Å². The summed E-state index contributed by atoms with van der Waals surface area (Å²) in [6, 6.07) is 18.2. The molecular weight excluding hydrogens is 354 g/mol. The number of imide groups is 1. The van der Waals surface area contributed by atoms with Crippen LogP contribution in [0.3, 0.4) is 0 Å². The lowest BCUT2D eigenvalue weighted by atomic mass is 10.0. The van der Waals surface area contributed by atoms with Crippen LogP contribution in [-0.4, -0.2) is 40.6 Å². The number of nitrogens with zero attached hydrogens (tertiary/aromatic N) is 2. The van der Waals surface area contributed by atoms with Gasteiger partial charge in [0.25, 0.3) is 0 Å². The van der Waals surface area contributed by atoms with Crippen LogP contribution in [0.2, 0.25) is 0 Å². The van der Waals surface area contributed by atoms with Gasteiger partial charge in [-0.3, -0.25) is 9.78 Å². The van der Waals surface area contributed by atoms with Gasteiger partial charge in [-0.1, -0.05) is 42.5 Å². The summed E-state index contributed by atoms with van der Waals surface area (Å²) in [7, 11) is 0. The SMILES string of the molecule is N[C@@H](Cc1ccc2ncccc2c1)C(=O)N1C(=O)OC[C@@H]1Cc1ccccc1. The van der Waals surface area contributed by atoms with E-state index in [4.69, 9.17) is 10.5 Å². The lowest BCUT2D eigenvalue weighted by molar-refractivity contribution is -0.130. The fraction of sp³-hybridized carbons (Fsp3) is 0.227. The molecule has 0 aliphatic carbocycles. The van der Waals surface area contributed by atoms with Crippen molar-refractivity contribution in [2.75, 3.05) is 6.61 Å². The molecule has 2 N–H and O–H groups in total. The highest BCUT2D eigenvalue weighted by molar-refractivity contribution is 5.96. The number of benzene rings is 2. The number of hydrogen-bond donors (Lipinski definition) is 1. The highest BCUT2D eigenvalue weighted by Gasteiger charge is 2.39. The van der Waals surface area contributed by atoms with E-state index in [2.05, 4.69) is 4.98 Å². The van der Waals surface area contributed by atoms with Gasteiger partial charge in [0.15, 0.2) is 0 Å². The Hall–Kier alpha value is -3.25. The van der Waals surface area contributed by atoms with Crippen LogP contribution in [0, 0.1) is 0 Å². The minimum atomic E-state index is -0.821. The smallest absolute Gasteiger partial charge is 0.417 e. The summed E-state index contributed by atoms with van der Waals surface area (Å²) in [4.78, 5) is 30.6. The Bertz CT molecular complexity index is 1010. The first kappa shape index (κ1) is 18.1. The predicted octanol–water partition coefficient (Wildman–Crippen LogP) is 2.69. The summed E-state index contributed by atoms with van der Waals surface area (Å²) in [5, 5.41) is 0.988. The molecule has 4 rings (SSSR count). The maximum Gasteiger partial charge on any atom is 0.417 e. The standard InChI is InChI=1S/C22H21N3O3/c23-19(13-16-8-9-20-17(11-16)7-4-10-24-20)21(26)25-18(14-28-22(25)27)12-15-5-2-1-3-6-15/h1-11,18-19H,12-14,23H2/t18-,19-/m0/s1. The molecule has 0 radical (unpaired) electrons. The Morgan fingerprint density at radius 1 is 1.14 bits per heavy atom. The number of rotatable bonds is 5. The number of cyclic esters (lactones) is 1. The van der Waals surface area contributed by atoms with E-state index in [1.807, 2.05) is 60.7 Å². The molecule has 2 aromatic carbocycles. The van der Waals surface area contributed by atoms with Crippen LogP contribution >= 0.6 is 0 Å². The second-order valence-corrected chi connectivity index (χ2v) is 6.97. The van der Waals surface area contributed by atoms with Gasteiger partial charge in [-0.2, -0.15) is 0 Å². The lowest BCUT2D eigenvalue weighted by Crippen LogP contribution is -2.49. The van der Waals surface area contributed by atoms with Gasteiger partial charge in [-0.05, 0) is 42.2 Å². The Morgan fingerprint density at radius 3 is 2.79 bits per heavy atom. The van der Waals surface area contributed by atoms with E-state index in [0.29, 0.717) is 12.8 Å².